The van der Waals surface area contributed by atoms with E-state index in [4.69, 9.17) is 9.47 Å². The lowest BCUT2D eigenvalue weighted by atomic mass is 9.84. The molecule has 0 aromatic carbocycles. The van der Waals surface area contributed by atoms with Gasteiger partial charge in [0, 0.05) is 0 Å². The summed E-state index contributed by atoms with van der Waals surface area (Å²) < 4.78 is 11.4. The second-order valence-electron chi connectivity index (χ2n) is 5.83. The van der Waals surface area contributed by atoms with E-state index in [1.54, 1.807) is 0 Å². The van der Waals surface area contributed by atoms with E-state index < -0.39 is 11.4 Å². The minimum absolute atomic E-state index is 0.299. The molecule has 0 bridgehead atoms. The van der Waals surface area contributed by atoms with E-state index in [0.29, 0.717) is 13.0 Å². The van der Waals surface area contributed by atoms with E-state index in [1.165, 1.54) is 12.8 Å². The van der Waals surface area contributed by atoms with Crippen molar-refractivity contribution in [1.82, 2.24) is 0 Å². The number of rotatable bonds is 7. The van der Waals surface area contributed by atoms with E-state index in [-0.39, 0.29) is 6.10 Å². The quantitative estimate of drug-likeness (QED) is 0.560. The number of ether oxygens (including phenoxy) is 2. The fourth-order valence-electron chi connectivity index (χ4n) is 2.39. The molecular formula is C15H28O3. The lowest BCUT2D eigenvalue weighted by molar-refractivity contribution is -0.164. The van der Waals surface area contributed by atoms with Crippen LogP contribution in [0.3, 0.4) is 0 Å². The van der Waals surface area contributed by atoms with E-state index in [2.05, 4.69) is 13.5 Å². The normalized spacial score (nSPS) is 25.9. The maximum absolute atomic E-state index is 10.8. The number of hydrogen-bond acceptors (Lipinski definition) is 3. The average molecular weight is 256 g/mol. The summed E-state index contributed by atoms with van der Waals surface area (Å²) in [4.78, 5) is 0. The van der Waals surface area contributed by atoms with Gasteiger partial charge in [0.1, 0.15) is 11.7 Å². The molecule has 0 aromatic heterocycles. The molecule has 3 nitrogen and oxygen atoms in total. The highest BCUT2D eigenvalue weighted by atomic mass is 16.7. The van der Waals surface area contributed by atoms with Crippen LogP contribution >= 0.6 is 0 Å². The molecule has 1 fully saturated rings. The van der Waals surface area contributed by atoms with Crippen LogP contribution in [0.15, 0.2) is 12.2 Å². The average Bonchev–Trinajstić information content (AvgIpc) is 2.65. The molecule has 1 saturated heterocycles. The second kappa shape index (κ2) is 6.18. The smallest absolute Gasteiger partial charge is 0.163 e. The first-order valence-corrected chi connectivity index (χ1v) is 7.02. The molecule has 2 atom stereocenters. The Kier molecular flexibility index (Phi) is 5.38. The van der Waals surface area contributed by atoms with Crippen molar-refractivity contribution in [2.24, 2.45) is 0 Å². The van der Waals surface area contributed by atoms with Gasteiger partial charge in [-0.2, -0.15) is 0 Å². The number of unbranched alkanes of at least 4 members (excludes halogenated alkanes) is 3. The van der Waals surface area contributed by atoms with E-state index in [0.717, 1.165) is 18.4 Å². The molecule has 0 amide bonds. The SMILES string of the molecule is C=C(C)[C@](O)(CCCCCC)[C@H]1COC(C)(C)O1. The molecule has 0 radical (unpaired) electrons. The zero-order chi connectivity index (χ0) is 13.8. The molecule has 1 aliphatic rings. The summed E-state index contributed by atoms with van der Waals surface area (Å²) in [5, 5.41) is 10.8. The second-order valence-corrected chi connectivity index (χ2v) is 5.83. The molecule has 1 heterocycles. The van der Waals surface area contributed by atoms with Crippen LogP contribution in [0.5, 0.6) is 0 Å². The van der Waals surface area contributed by atoms with Crippen molar-refractivity contribution in [3.05, 3.63) is 12.2 Å². The Morgan fingerprint density at radius 2 is 2.06 bits per heavy atom. The van der Waals surface area contributed by atoms with Gasteiger partial charge in [-0.25, -0.2) is 0 Å². The first kappa shape index (κ1) is 15.7. The van der Waals surface area contributed by atoms with Gasteiger partial charge in [-0.15, -0.1) is 0 Å². The first-order valence-electron chi connectivity index (χ1n) is 7.02. The zero-order valence-corrected chi connectivity index (χ0v) is 12.3. The molecule has 0 unspecified atom stereocenters. The van der Waals surface area contributed by atoms with E-state index in [9.17, 15) is 5.11 Å². The van der Waals surface area contributed by atoms with Gasteiger partial charge >= 0.3 is 0 Å². The van der Waals surface area contributed by atoms with E-state index >= 15 is 0 Å². The highest BCUT2D eigenvalue weighted by Crippen LogP contribution is 2.35. The highest BCUT2D eigenvalue weighted by molar-refractivity contribution is 5.14. The van der Waals surface area contributed by atoms with Gasteiger partial charge in [0.25, 0.3) is 0 Å². The Morgan fingerprint density at radius 1 is 1.39 bits per heavy atom. The van der Waals surface area contributed by atoms with Crippen LogP contribution in [-0.4, -0.2) is 29.2 Å². The minimum Gasteiger partial charge on any atom is -0.383 e. The van der Waals surface area contributed by atoms with Gasteiger partial charge in [-0.05, 0) is 32.8 Å². The van der Waals surface area contributed by atoms with Crippen molar-refractivity contribution in [2.45, 2.75) is 77.3 Å². The third kappa shape index (κ3) is 3.81. The van der Waals surface area contributed by atoms with Crippen LogP contribution in [0.1, 0.15) is 59.8 Å². The molecule has 0 aliphatic carbocycles. The predicted molar refractivity (Wildman–Crippen MR) is 73.4 cm³/mol. The van der Waals surface area contributed by atoms with E-state index in [1.807, 2.05) is 20.8 Å². The van der Waals surface area contributed by atoms with Crippen molar-refractivity contribution in [1.29, 1.82) is 0 Å². The fraction of sp³-hybridized carbons (Fsp3) is 0.867. The minimum atomic E-state index is -0.957. The van der Waals surface area contributed by atoms with Gasteiger partial charge in [0.05, 0.1) is 6.61 Å². The standard InChI is InChI=1S/C15H28O3/c1-6-7-8-9-10-15(16,12(2)3)13-11-17-14(4,5)18-13/h13,16H,2,6-11H2,1,3-5H3/t13-,15-/m1/s1. The summed E-state index contributed by atoms with van der Waals surface area (Å²) in [6, 6.07) is 0. The number of aliphatic hydroxyl groups is 1. The van der Waals surface area contributed by atoms with Crippen LogP contribution in [0, 0.1) is 0 Å². The van der Waals surface area contributed by atoms with Crippen molar-refractivity contribution < 1.29 is 14.6 Å². The first-order chi connectivity index (χ1) is 8.32. The van der Waals surface area contributed by atoms with Gasteiger partial charge in [0.15, 0.2) is 5.79 Å². The highest BCUT2D eigenvalue weighted by Gasteiger charge is 2.46. The molecule has 18 heavy (non-hydrogen) atoms. The van der Waals surface area contributed by atoms with Gasteiger partial charge in [-0.3, -0.25) is 0 Å². The van der Waals surface area contributed by atoms with Crippen LogP contribution in [0.2, 0.25) is 0 Å². The van der Waals surface area contributed by atoms with Crippen LogP contribution in [0.25, 0.3) is 0 Å². The zero-order valence-electron chi connectivity index (χ0n) is 12.3. The van der Waals surface area contributed by atoms with Crippen LogP contribution in [0.4, 0.5) is 0 Å². The lowest BCUT2D eigenvalue weighted by Crippen LogP contribution is -2.45. The molecule has 106 valence electrons. The van der Waals surface area contributed by atoms with Crippen molar-refractivity contribution in [3.63, 3.8) is 0 Å². The molecule has 3 heteroatoms. The van der Waals surface area contributed by atoms with Crippen LogP contribution in [-0.2, 0) is 9.47 Å². The summed E-state index contributed by atoms with van der Waals surface area (Å²) in [6.45, 7) is 12.2. The Hall–Kier alpha value is -0.380. The molecule has 0 aromatic rings. The Bertz CT molecular complexity index is 285. The van der Waals surface area contributed by atoms with Crippen molar-refractivity contribution in [2.75, 3.05) is 6.61 Å². The Morgan fingerprint density at radius 3 is 2.50 bits per heavy atom. The van der Waals surface area contributed by atoms with Crippen molar-refractivity contribution in [3.8, 4) is 0 Å². The topological polar surface area (TPSA) is 38.7 Å². The summed E-state index contributed by atoms with van der Waals surface area (Å²) >= 11 is 0. The maximum atomic E-state index is 10.8. The summed E-state index contributed by atoms with van der Waals surface area (Å²) in [5.74, 6) is -0.600. The van der Waals surface area contributed by atoms with Crippen molar-refractivity contribution >= 4 is 0 Å². The predicted octanol–water partition coefficient (Wildman–Crippen LogP) is 3.42. The molecule has 1 N–H and O–H groups in total. The third-order valence-electron chi connectivity index (χ3n) is 3.69. The largest absolute Gasteiger partial charge is 0.383 e. The number of hydrogen-bond donors (Lipinski definition) is 1. The van der Waals surface area contributed by atoms with Gasteiger partial charge < -0.3 is 14.6 Å². The molecule has 0 spiro atoms. The van der Waals surface area contributed by atoms with Gasteiger partial charge in [0.2, 0.25) is 0 Å². The third-order valence-corrected chi connectivity index (χ3v) is 3.69. The van der Waals surface area contributed by atoms with Gasteiger partial charge in [-0.1, -0.05) is 39.2 Å². The fourth-order valence-corrected chi connectivity index (χ4v) is 2.39. The monoisotopic (exact) mass is 256 g/mol. The summed E-state index contributed by atoms with van der Waals surface area (Å²) in [7, 11) is 0. The molecular weight excluding hydrogens is 228 g/mol. The van der Waals surface area contributed by atoms with Crippen LogP contribution < -0.4 is 0 Å². The Labute approximate surface area is 111 Å². The Balaban J connectivity index is 2.60. The molecule has 1 rings (SSSR count). The summed E-state index contributed by atoms with van der Waals surface area (Å²) in [6.07, 6.45) is 4.94. The summed E-state index contributed by atoms with van der Waals surface area (Å²) in [5.41, 5.74) is -0.188. The molecule has 1 aliphatic heterocycles. The molecule has 0 saturated carbocycles. The lowest BCUT2D eigenvalue weighted by Gasteiger charge is -2.34. The maximum Gasteiger partial charge on any atom is 0.163 e.